The molecule has 0 bridgehead atoms. The number of pyridine rings is 1. The van der Waals surface area contributed by atoms with Crippen LogP contribution in [0.2, 0.25) is 0 Å². The van der Waals surface area contributed by atoms with Gasteiger partial charge in [0.2, 0.25) is 11.8 Å². The van der Waals surface area contributed by atoms with Gasteiger partial charge in [0.15, 0.2) is 0 Å². The standard InChI is InChI=1S/C28H28F2N6O4/c29-18-3-5-19(6-4-18)32-26(37)15-27(38)33-24-8-7-21(13-23(24)30)40-22-9-10-31-25(14-22)34-28(39)36-16-20(17-36)35-11-1-2-12-35/h3-10,13-14,20H,1-2,11-12,15-17H2,(H,32,37)(H,33,38)(H,31,34,39). The molecule has 12 heteroatoms. The molecule has 2 aromatic carbocycles. The Labute approximate surface area is 229 Å². The molecule has 4 amide bonds. The second-order valence-corrected chi connectivity index (χ2v) is 9.63. The average molecular weight is 551 g/mol. The Morgan fingerprint density at radius 3 is 2.30 bits per heavy atom. The van der Waals surface area contributed by atoms with E-state index in [0.717, 1.165) is 19.2 Å². The van der Waals surface area contributed by atoms with Crippen molar-refractivity contribution in [2.24, 2.45) is 0 Å². The minimum atomic E-state index is -0.766. The second kappa shape index (κ2) is 12.1. The maximum Gasteiger partial charge on any atom is 0.323 e. The molecule has 0 saturated carbocycles. The van der Waals surface area contributed by atoms with E-state index in [0.29, 0.717) is 36.4 Å². The van der Waals surface area contributed by atoms with Crippen molar-refractivity contribution >= 4 is 35.0 Å². The Morgan fingerprint density at radius 2 is 1.57 bits per heavy atom. The van der Waals surface area contributed by atoms with Crippen molar-refractivity contribution in [3.63, 3.8) is 0 Å². The molecule has 40 heavy (non-hydrogen) atoms. The third kappa shape index (κ3) is 6.89. The van der Waals surface area contributed by atoms with Crippen molar-refractivity contribution in [2.75, 3.05) is 42.1 Å². The topological polar surface area (TPSA) is 116 Å². The van der Waals surface area contributed by atoms with Crippen molar-refractivity contribution in [3.8, 4) is 11.5 Å². The number of carbonyl (C=O) groups excluding carboxylic acids is 3. The molecular formula is C28H28F2N6O4. The number of aromatic nitrogens is 1. The third-order valence-corrected chi connectivity index (χ3v) is 6.67. The van der Waals surface area contributed by atoms with Crippen LogP contribution in [0.1, 0.15) is 19.3 Å². The van der Waals surface area contributed by atoms with Gasteiger partial charge in [-0.2, -0.15) is 0 Å². The summed E-state index contributed by atoms with van der Waals surface area (Å²) in [6.45, 7) is 3.54. The molecule has 3 N–H and O–H groups in total. The maximum absolute atomic E-state index is 14.7. The first kappa shape index (κ1) is 27.0. The fraction of sp³-hybridized carbons (Fsp3) is 0.286. The fourth-order valence-electron chi connectivity index (χ4n) is 4.57. The molecule has 208 valence electrons. The fourth-order valence-corrected chi connectivity index (χ4v) is 4.57. The molecule has 0 atom stereocenters. The highest BCUT2D eigenvalue weighted by Crippen LogP contribution is 2.27. The van der Waals surface area contributed by atoms with E-state index < -0.39 is 29.9 Å². The van der Waals surface area contributed by atoms with Crippen LogP contribution in [0.3, 0.4) is 0 Å². The number of likely N-dealkylation sites (tertiary alicyclic amines) is 2. The summed E-state index contributed by atoms with van der Waals surface area (Å²) in [5.74, 6) is -1.79. The van der Waals surface area contributed by atoms with E-state index in [1.165, 1.54) is 61.5 Å². The van der Waals surface area contributed by atoms with Gasteiger partial charge in [-0.1, -0.05) is 0 Å². The van der Waals surface area contributed by atoms with Crippen LogP contribution < -0.4 is 20.7 Å². The summed E-state index contributed by atoms with van der Waals surface area (Å²) in [4.78, 5) is 45.1. The molecule has 3 aromatic rings. The number of nitrogens with one attached hydrogen (secondary N) is 3. The van der Waals surface area contributed by atoms with Gasteiger partial charge in [0.25, 0.3) is 0 Å². The molecule has 1 aromatic heterocycles. The van der Waals surface area contributed by atoms with Gasteiger partial charge >= 0.3 is 6.03 Å². The molecule has 10 nitrogen and oxygen atoms in total. The zero-order valence-electron chi connectivity index (χ0n) is 21.5. The number of urea groups is 1. The summed E-state index contributed by atoms with van der Waals surface area (Å²) in [6, 6.07) is 12.2. The highest BCUT2D eigenvalue weighted by Gasteiger charge is 2.35. The van der Waals surface area contributed by atoms with Gasteiger partial charge < -0.3 is 20.3 Å². The highest BCUT2D eigenvalue weighted by molar-refractivity contribution is 6.08. The molecule has 0 spiro atoms. The summed E-state index contributed by atoms with van der Waals surface area (Å²) >= 11 is 0. The van der Waals surface area contributed by atoms with Crippen molar-refractivity contribution in [3.05, 3.63) is 72.4 Å². The number of benzene rings is 2. The van der Waals surface area contributed by atoms with Gasteiger partial charge in [-0.25, -0.2) is 18.6 Å². The number of anilines is 3. The molecule has 0 aliphatic carbocycles. The van der Waals surface area contributed by atoms with Crippen LogP contribution in [0, 0.1) is 11.6 Å². The summed E-state index contributed by atoms with van der Waals surface area (Å²) in [5, 5.41) is 7.57. The number of amides is 4. The number of hydrogen-bond acceptors (Lipinski definition) is 6. The highest BCUT2D eigenvalue weighted by atomic mass is 19.1. The number of rotatable bonds is 8. The summed E-state index contributed by atoms with van der Waals surface area (Å²) in [5.41, 5.74) is 0.203. The zero-order chi connectivity index (χ0) is 28.1. The van der Waals surface area contributed by atoms with Crippen LogP contribution in [0.5, 0.6) is 11.5 Å². The van der Waals surface area contributed by atoms with E-state index in [1.54, 1.807) is 11.0 Å². The molecule has 2 saturated heterocycles. The van der Waals surface area contributed by atoms with Gasteiger partial charge in [0.1, 0.15) is 35.4 Å². The van der Waals surface area contributed by atoms with Crippen LogP contribution in [0.15, 0.2) is 60.8 Å². The molecule has 0 radical (unpaired) electrons. The number of halogens is 2. The van der Waals surface area contributed by atoms with Crippen molar-refractivity contribution in [1.82, 2.24) is 14.8 Å². The van der Waals surface area contributed by atoms with Crippen LogP contribution in [-0.2, 0) is 9.59 Å². The minimum absolute atomic E-state index is 0.128. The Morgan fingerprint density at radius 1 is 0.875 bits per heavy atom. The Balaban J connectivity index is 1.11. The first-order valence-electron chi connectivity index (χ1n) is 12.9. The van der Waals surface area contributed by atoms with Crippen molar-refractivity contribution in [2.45, 2.75) is 25.3 Å². The molecule has 5 rings (SSSR count). The van der Waals surface area contributed by atoms with Crippen molar-refractivity contribution in [1.29, 1.82) is 0 Å². The summed E-state index contributed by atoms with van der Waals surface area (Å²) < 4.78 is 33.3. The first-order valence-corrected chi connectivity index (χ1v) is 12.9. The zero-order valence-corrected chi connectivity index (χ0v) is 21.5. The molecule has 0 unspecified atom stereocenters. The smallest absolute Gasteiger partial charge is 0.323 e. The van der Waals surface area contributed by atoms with E-state index in [1.807, 2.05) is 0 Å². The maximum atomic E-state index is 14.7. The Kier molecular flexibility index (Phi) is 8.15. The van der Waals surface area contributed by atoms with E-state index in [4.69, 9.17) is 4.74 Å². The lowest BCUT2D eigenvalue weighted by Gasteiger charge is -2.43. The largest absolute Gasteiger partial charge is 0.457 e. The average Bonchev–Trinajstić information content (AvgIpc) is 3.41. The third-order valence-electron chi connectivity index (χ3n) is 6.67. The minimum Gasteiger partial charge on any atom is -0.457 e. The van der Waals surface area contributed by atoms with Gasteiger partial charge in [0, 0.05) is 43.1 Å². The van der Waals surface area contributed by atoms with Gasteiger partial charge in [-0.3, -0.25) is 19.8 Å². The summed E-state index contributed by atoms with van der Waals surface area (Å²) in [6.07, 6.45) is 3.33. The quantitative estimate of drug-likeness (QED) is 0.358. The summed E-state index contributed by atoms with van der Waals surface area (Å²) in [7, 11) is 0. The molecular weight excluding hydrogens is 522 g/mol. The lowest BCUT2D eigenvalue weighted by Crippen LogP contribution is -2.61. The number of carbonyl (C=O) groups is 3. The molecule has 3 heterocycles. The predicted octanol–water partition coefficient (Wildman–Crippen LogP) is 4.43. The van der Waals surface area contributed by atoms with Crippen LogP contribution >= 0.6 is 0 Å². The molecule has 2 aliphatic heterocycles. The van der Waals surface area contributed by atoms with Gasteiger partial charge in [-0.05, 0) is 68.4 Å². The molecule has 2 aliphatic rings. The monoisotopic (exact) mass is 550 g/mol. The lowest BCUT2D eigenvalue weighted by molar-refractivity contribution is -0.123. The van der Waals surface area contributed by atoms with E-state index >= 15 is 0 Å². The second-order valence-electron chi connectivity index (χ2n) is 9.63. The van der Waals surface area contributed by atoms with Crippen LogP contribution in [0.4, 0.5) is 30.8 Å². The number of ether oxygens (including phenoxy) is 1. The van der Waals surface area contributed by atoms with E-state index in [9.17, 15) is 23.2 Å². The Hall–Kier alpha value is -4.58. The predicted molar refractivity (Wildman–Crippen MR) is 144 cm³/mol. The number of hydrogen-bond donors (Lipinski definition) is 3. The van der Waals surface area contributed by atoms with E-state index in [2.05, 4.69) is 25.8 Å². The van der Waals surface area contributed by atoms with Crippen molar-refractivity contribution < 1.29 is 27.9 Å². The van der Waals surface area contributed by atoms with E-state index in [-0.39, 0.29) is 17.5 Å². The number of nitrogens with zero attached hydrogens (tertiary/aromatic N) is 3. The molecule has 2 fully saturated rings. The van der Waals surface area contributed by atoms with Crippen LogP contribution in [-0.4, -0.2) is 64.9 Å². The Bertz CT molecular complexity index is 1390. The van der Waals surface area contributed by atoms with Gasteiger partial charge in [0.05, 0.1) is 5.69 Å². The lowest BCUT2D eigenvalue weighted by atomic mass is 10.1. The van der Waals surface area contributed by atoms with Gasteiger partial charge in [-0.15, -0.1) is 0 Å². The normalized spacial score (nSPS) is 15.3. The SMILES string of the molecule is O=C(CC(=O)Nc1ccc(Oc2ccnc(NC(=O)N3CC(N4CCCC4)C3)c2)cc1F)Nc1ccc(F)cc1. The van der Waals surface area contributed by atoms with Crippen LogP contribution in [0.25, 0.3) is 0 Å². The first-order chi connectivity index (χ1) is 19.3.